The van der Waals surface area contributed by atoms with Crippen molar-refractivity contribution in [2.24, 2.45) is 5.41 Å². The second kappa shape index (κ2) is 6.29. The van der Waals surface area contributed by atoms with Gasteiger partial charge in [0.05, 0.1) is 0 Å². The number of fused-ring (bicyclic) bond motifs is 1. The first kappa shape index (κ1) is 16.7. The minimum Gasteiger partial charge on any atom is -0.454 e. The Morgan fingerprint density at radius 1 is 1.15 bits per heavy atom. The largest absolute Gasteiger partial charge is 0.454 e. The maximum atomic E-state index is 12.6. The predicted molar refractivity (Wildman–Crippen MR) is 98.6 cm³/mol. The molecule has 4 aliphatic rings. The van der Waals surface area contributed by atoms with E-state index in [0.29, 0.717) is 17.1 Å². The highest BCUT2D eigenvalue weighted by molar-refractivity contribution is 5.95. The molecule has 0 radical (unpaired) electrons. The van der Waals surface area contributed by atoms with Gasteiger partial charge in [-0.3, -0.25) is 9.59 Å². The molecule has 2 heterocycles. The van der Waals surface area contributed by atoms with Gasteiger partial charge in [0.2, 0.25) is 12.7 Å². The number of nitrogens with zero attached hydrogens (tertiary/aromatic N) is 1. The summed E-state index contributed by atoms with van der Waals surface area (Å²) >= 11 is 0. The summed E-state index contributed by atoms with van der Waals surface area (Å²) in [7, 11) is 0. The van der Waals surface area contributed by atoms with E-state index in [4.69, 9.17) is 9.47 Å². The summed E-state index contributed by atoms with van der Waals surface area (Å²) < 4.78 is 10.6. The minimum absolute atomic E-state index is 0.0650. The van der Waals surface area contributed by atoms with Gasteiger partial charge in [-0.2, -0.15) is 0 Å². The van der Waals surface area contributed by atoms with Gasteiger partial charge in [0.25, 0.3) is 5.91 Å². The molecule has 1 saturated heterocycles. The van der Waals surface area contributed by atoms with Crippen LogP contribution < -0.4 is 14.8 Å². The molecule has 1 saturated carbocycles. The number of carbonyl (C=O) groups excluding carboxylic acids is 2. The predicted octanol–water partition coefficient (Wildman–Crippen LogP) is 2.64. The number of nitrogens with one attached hydrogen (secondary N) is 1. The van der Waals surface area contributed by atoms with Crippen LogP contribution in [-0.2, 0) is 4.79 Å². The molecule has 1 aromatic carbocycles. The molecule has 1 atom stereocenters. The molecule has 0 bridgehead atoms. The number of likely N-dealkylation sites (tertiary alicyclic amines) is 1. The SMILES string of the molecule is O=C(NC1CC12CCN(C(=O)C1=CCCC1)CC2)c1ccc2c(c1)OCO2. The highest BCUT2D eigenvalue weighted by atomic mass is 16.7. The van der Waals surface area contributed by atoms with Gasteiger partial charge in [0, 0.05) is 30.3 Å². The average Bonchev–Trinajstić information content (AvgIpc) is 3.12. The minimum atomic E-state index is -0.0650. The number of amides is 2. The van der Waals surface area contributed by atoms with Gasteiger partial charge >= 0.3 is 0 Å². The van der Waals surface area contributed by atoms with E-state index in [-0.39, 0.29) is 30.1 Å². The third-order valence-corrected chi connectivity index (χ3v) is 6.49. The first-order chi connectivity index (χ1) is 13.1. The van der Waals surface area contributed by atoms with Gasteiger partial charge in [0.15, 0.2) is 11.5 Å². The van der Waals surface area contributed by atoms with Crippen LogP contribution in [0.2, 0.25) is 0 Å². The summed E-state index contributed by atoms with van der Waals surface area (Å²) in [5.74, 6) is 1.47. The lowest BCUT2D eigenvalue weighted by Crippen LogP contribution is -2.42. The highest BCUT2D eigenvalue weighted by Gasteiger charge is 2.56. The van der Waals surface area contributed by atoms with Crippen LogP contribution in [0.5, 0.6) is 11.5 Å². The Balaban J connectivity index is 1.17. The van der Waals surface area contributed by atoms with Crippen molar-refractivity contribution in [3.05, 3.63) is 35.4 Å². The van der Waals surface area contributed by atoms with E-state index in [1.165, 1.54) is 0 Å². The maximum absolute atomic E-state index is 12.6. The number of hydrogen-bond acceptors (Lipinski definition) is 4. The summed E-state index contributed by atoms with van der Waals surface area (Å²) in [6.07, 6.45) is 8.11. The molecule has 142 valence electrons. The first-order valence-corrected chi connectivity index (χ1v) is 9.83. The molecule has 2 aliphatic heterocycles. The highest BCUT2D eigenvalue weighted by Crippen LogP contribution is 2.54. The van der Waals surface area contributed by atoms with E-state index in [1.54, 1.807) is 18.2 Å². The zero-order chi connectivity index (χ0) is 18.4. The molecular weight excluding hydrogens is 344 g/mol. The van der Waals surface area contributed by atoms with E-state index in [9.17, 15) is 9.59 Å². The third kappa shape index (κ3) is 2.97. The van der Waals surface area contributed by atoms with Crippen molar-refractivity contribution in [2.45, 2.75) is 44.6 Å². The van der Waals surface area contributed by atoms with Crippen LogP contribution in [0.25, 0.3) is 0 Å². The fraction of sp³-hybridized carbons (Fsp3) is 0.524. The molecule has 0 aromatic heterocycles. The van der Waals surface area contributed by atoms with Crippen molar-refractivity contribution in [2.75, 3.05) is 19.9 Å². The topological polar surface area (TPSA) is 67.9 Å². The molecule has 1 aromatic rings. The fourth-order valence-corrected chi connectivity index (χ4v) is 4.61. The van der Waals surface area contributed by atoms with Gasteiger partial charge in [-0.25, -0.2) is 0 Å². The van der Waals surface area contributed by atoms with E-state index in [0.717, 1.165) is 57.2 Å². The number of benzene rings is 1. The summed E-state index contributed by atoms with van der Waals surface area (Å²) in [4.78, 5) is 27.1. The zero-order valence-electron chi connectivity index (χ0n) is 15.3. The third-order valence-electron chi connectivity index (χ3n) is 6.49. The average molecular weight is 368 g/mol. The van der Waals surface area contributed by atoms with Crippen LogP contribution >= 0.6 is 0 Å². The molecule has 1 spiro atoms. The van der Waals surface area contributed by atoms with Crippen molar-refractivity contribution in [1.29, 1.82) is 0 Å². The Bertz CT molecular complexity index is 823. The van der Waals surface area contributed by atoms with Crippen molar-refractivity contribution in [3.8, 4) is 11.5 Å². The standard InChI is InChI=1S/C21H24N2O4/c24-19(15-5-6-16-17(11-15)27-13-26-16)22-18-12-21(18)7-9-23(10-8-21)20(25)14-3-1-2-4-14/h3,5-6,11,18H,1-2,4,7-10,12-13H2,(H,22,24). The Labute approximate surface area is 158 Å². The van der Waals surface area contributed by atoms with Crippen LogP contribution in [0.4, 0.5) is 0 Å². The van der Waals surface area contributed by atoms with Crippen LogP contribution in [0, 0.1) is 5.41 Å². The molecular formula is C21H24N2O4. The number of piperidine rings is 1. The molecule has 1 unspecified atom stereocenters. The second-order valence-electron chi connectivity index (χ2n) is 8.07. The van der Waals surface area contributed by atoms with Gasteiger partial charge < -0.3 is 19.7 Å². The maximum Gasteiger partial charge on any atom is 0.251 e. The lowest BCUT2D eigenvalue weighted by Gasteiger charge is -2.33. The summed E-state index contributed by atoms with van der Waals surface area (Å²) in [6, 6.07) is 5.50. The van der Waals surface area contributed by atoms with Gasteiger partial charge in [-0.1, -0.05) is 6.08 Å². The molecule has 2 amide bonds. The summed E-state index contributed by atoms with van der Waals surface area (Å²) in [6.45, 7) is 1.80. The molecule has 6 heteroatoms. The van der Waals surface area contributed by atoms with Gasteiger partial charge in [-0.15, -0.1) is 0 Å². The molecule has 27 heavy (non-hydrogen) atoms. The Kier molecular flexibility index (Phi) is 3.88. The zero-order valence-corrected chi connectivity index (χ0v) is 15.3. The number of carbonyl (C=O) groups is 2. The lowest BCUT2D eigenvalue weighted by molar-refractivity contribution is -0.128. The van der Waals surface area contributed by atoms with E-state index >= 15 is 0 Å². The Morgan fingerprint density at radius 3 is 2.74 bits per heavy atom. The van der Waals surface area contributed by atoms with Crippen molar-refractivity contribution >= 4 is 11.8 Å². The number of ether oxygens (including phenoxy) is 2. The smallest absolute Gasteiger partial charge is 0.251 e. The van der Waals surface area contributed by atoms with Crippen LogP contribution in [-0.4, -0.2) is 42.6 Å². The van der Waals surface area contributed by atoms with Crippen LogP contribution in [0.1, 0.15) is 48.9 Å². The normalized spacial score (nSPS) is 24.7. The van der Waals surface area contributed by atoms with Gasteiger partial charge in [-0.05, 0) is 62.1 Å². The van der Waals surface area contributed by atoms with Crippen molar-refractivity contribution in [1.82, 2.24) is 10.2 Å². The number of hydrogen-bond donors (Lipinski definition) is 1. The van der Waals surface area contributed by atoms with Crippen molar-refractivity contribution in [3.63, 3.8) is 0 Å². The monoisotopic (exact) mass is 368 g/mol. The Hall–Kier alpha value is -2.50. The quantitative estimate of drug-likeness (QED) is 0.891. The molecule has 2 fully saturated rings. The van der Waals surface area contributed by atoms with Gasteiger partial charge in [0.1, 0.15) is 0 Å². The first-order valence-electron chi connectivity index (χ1n) is 9.83. The molecule has 5 rings (SSSR count). The van der Waals surface area contributed by atoms with Crippen molar-refractivity contribution < 1.29 is 19.1 Å². The molecule has 6 nitrogen and oxygen atoms in total. The number of rotatable bonds is 3. The number of allylic oxidation sites excluding steroid dienone is 1. The lowest BCUT2D eigenvalue weighted by atomic mass is 9.92. The summed E-state index contributed by atoms with van der Waals surface area (Å²) in [5.41, 5.74) is 1.77. The molecule has 1 N–H and O–H groups in total. The van der Waals surface area contributed by atoms with E-state index < -0.39 is 0 Å². The summed E-state index contributed by atoms with van der Waals surface area (Å²) in [5, 5.41) is 3.17. The second-order valence-corrected chi connectivity index (χ2v) is 8.07. The fourth-order valence-electron chi connectivity index (χ4n) is 4.61. The van der Waals surface area contributed by atoms with Crippen LogP contribution in [0.3, 0.4) is 0 Å². The molecule has 2 aliphatic carbocycles. The Morgan fingerprint density at radius 2 is 1.96 bits per heavy atom. The van der Waals surface area contributed by atoms with E-state index in [1.807, 2.05) is 4.90 Å². The van der Waals surface area contributed by atoms with Crippen LogP contribution in [0.15, 0.2) is 29.8 Å². The van der Waals surface area contributed by atoms with E-state index in [2.05, 4.69) is 11.4 Å².